The van der Waals surface area contributed by atoms with Crippen molar-refractivity contribution in [1.82, 2.24) is 4.90 Å². The zero-order valence-corrected chi connectivity index (χ0v) is 10.4. The quantitative estimate of drug-likeness (QED) is 0.873. The second-order valence-electron chi connectivity index (χ2n) is 4.06. The fraction of sp³-hybridized carbons (Fsp3) is 0.417. The lowest BCUT2D eigenvalue weighted by atomic mass is 10.2. The van der Waals surface area contributed by atoms with Gasteiger partial charge >= 0.3 is 0 Å². The van der Waals surface area contributed by atoms with Gasteiger partial charge in [0.1, 0.15) is 0 Å². The van der Waals surface area contributed by atoms with E-state index in [1.54, 1.807) is 11.0 Å². The molecular formula is C12H16ClN3O. The third kappa shape index (κ3) is 2.77. The highest BCUT2D eigenvalue weighted by Crippen LogP contribution is 2.26. The molecule has 92 valence electrons. The Bertz CT molecular complexity index is 410. The fourth-order valence-corrected chi connectivity index (χ4v) is 2.26. The zero-order valence-electron chi connectivity index (χ0n) is 9.60. The number of carbonyl (C=O) groups is 1. The van der Waals surface area contributed by atoms with Gasteiger partial charge in [0.2, 0.25) is 5.91 Å². The highest BCUT2D eigenvalue weighted by molar-refractivity contribution is 6.33. The largest absolute Gasteiger partial charge is 0.329 e. The minimum atomic E-state index is 0.0813. The highest BCUT2D eigenvalue weighted by Gasteiger charge is 2.25. The van der Waals surface area contributed by atoms with Crippen molar-refractivity contribution < 1.29 is 4.79 Å². The third-order valence-electron chi connectivity index (χ3n) is 2.89. The molecule has 1 saturated heterocycles. The van der Waals surface area contributed by atoms with E-state index >= 15 is 0 Å². The molecule has 17 heavy (non-hydrogen) atoms. The van der Waals surface area contributed by atoms with Crippen molar-refractivity contribution in [3.8, 4) is 0 Å². The summed E-state index contributed by atoms with van der Waals surface area (Å²) in [6.07, 6.45) is 0. The second kappa shape index (κ2) is 5.49. The molecule has 1 aliphatic rings. The molecule has 1 aromatic carbocycles. The molecular weight excluding hydrogens is 238 g/mol. The molecule has 1 fully saturated rings. The molecule has 1 heterocycles. The normalized spacial score (nSPS) is 17.5. The van der Waals surface area contributed by atoms with Crippen molar-refractivity contribution in [2.75, 3.05) is 37.6 Å². The topological polar surface area (TPSA) is 49.6 Å². The van der Waals surface area contributed by atoms with Gasteiger partial charge in [-0.1, -0.05) is 23.7 Å². The summed E-state index contributed by atoms with van der Waals surface area (Å²) >= 11 is 6.09. The summed E-state index contributed by atoms with van der Waals surface area (Å²) in [5.41, 5.74) is 6.28. The first-order valence-electron chi connectivity index (χ1n) is 5.69. The summed E-state index contributed by atoms with van der Waals surface area (Å²) in [6.45, 7) is 3.28. The van der Waals surface area contributed by atoms with Crippen LogP contribution in [0, 0.1) is 0 Å². The summed E-state index contributed by atoms with van der Waals surface area (Å²) in [4.78, 5) is 15.8. The van der Waals surface area contributed by atoms with E-state index in [4.69, 9.17) is 17.3 Å². The number of anilines is 1. The van der Waals surface area contributed by atoms with Gasteiger partial charge in [0.25, 0.3) is 0 Å². The molecule has 0 atom stereocenters. The van der Waals surface area contributed by atoms with Gasteiger partial charge in [-0.25, -0.2) is 0 Å². The lowest BCUT2D eigenvalue weighted by molar-refractivity contribution is -0.121. The Balaban J connectivity index is 2.10. The van der Waals surface area contributed by atoms with Crippen molar-refractivity contribution >= 4 is 23.2 Å². The number of amides is 1. The van der Waals surface area contributed by atoms with Gasteiger partial charge in [0, 0.05) is 26.2 Å². The average molecular weight is 254 g/mol. The van der Waals surface area contributed by atoms with Crippen molar-refractivity contribution in [1.29, 1.82) is 0 Å². The van der Waals surface area contributed by atoms with Gasteiger partial charge in [0.05, 0.1) is 17.3 Å². The van der Waals surface area contributed by atoms with E-state index in [-0.39, 0.29) is 5.91 Å². The maximum atomic E-state index is 12.0. The third-order valence-corrected chi connectivity index (χ3v) is 3.21. The minimum absolute atomic E-state index is 0.0813. The van der Waals surface area contributed by atoms with Crippen LogP contribution in [-0.2, 0) is 4.79 Å². The van der Waals surface area contributed by atoms with E-state index < -0.39 is 0 Å². The van der Waals surface area contributed by atoms with Gasteiger partial charge in [-0.15, -0.1) is 0 Å². The van der Waals surface area contributed by atoms with Crippen molar-refractivity contribution in [2.45, 2.75) is 0 Å². The van der Waals surface area contributed by atoms with Crippen LogP contribution in [-0.4, -0.2) is 43.5 Å². The fourth-order valence-electron chi connectivity index (χ4n) is 2.02. The van der Waals surface area contributed by atoms with Crippen LogP contribution in [0.5, 0.6) is 0 Å². The van der Waals surface area contributed by atoms with Crippen LogP contribution in [0.4, 0.5) is 5.69 Å². The molecule has 0 aliphatic carbocycles. The van der Waals surface area contributed by atoms with Gasteiger partial charge in [0.15, 0.2) is 0 Å². The molecule has 5 heteroatoms. The molecule has 2 rings (SSSR count). The predicted octanol–water partition coefficient (Wildman–Crippen LogP) is 0.947. The molecule has 4 nitrogen and oxygen atoms in total. The molecule has 1 aliphatic heterocycles. The van der Waals surface area contributed by atoms with E-state index in [1.165, 1.54) is 0 Å². The van der Waals surface area contributed by atoms with Crippen molar-refractivity contribution in [3.05, 3.63) is 29.3 Å². The standard InChI is InChI=1S/C12H16ClN3O/c13-10-3-1-2-4-11(10)16-8-7-15(6-5-14)9-12(16)17/h1-4H,5-9,14H2. The Hall–Kier alpha value is -1.10. The number of nitrogens with zero attached hydrogens (tertiary/aromatic N) is 2. The first-order chi connectivity index (χ1) is 8.22. The predicted molar refractivity (Wildman–Crippen MR) is 69.3 cm³/mol. The summed E-state index contributed by atoms with van der Waals surface area (Å²) in [7, 11) is 0. The number of benzene rings is 1. The maximum Gasteiger partial charge on any atom is 0.241 e. The summed E-state index contributed by atoms with van der Waals surface area (Å²) in [5.74, 6) is 0.0813. The summed E-state index contributed by atoms with van der Waals surface area (Å²) < 4.78 is 0. The second-order valence-corrected chi connectivity index (χ2v) is 4.47. The van der Waals surface area contributed by atoms with Crippen LogP contribution >= 0.6 is 11.6 Å². The smallest absolute Gasteiger partial charge is 0.241 e. The monoisotopic (exact) mass is 253 g/mol. The Morgan fingerprint density at radius 2 is 2.06 bits per heavy atom. The number of rotatable bonds is 3. The van der Waals surface area contributed by atoms with E-state index in [0.29, 0.717) is 24.7 Å². The number of carbonyl (C=O) groups excluding carboxylic acids is 1. The average Bonchev–Trinajstić information content (AvgIpc) is 2.31. The van der Waals surface area contributed by atoms with Crippen LogP contribution in [0.2, 0.25) is 5.02 Å². The van der Waals surface area contributed by atoms with Crippen LogP contribution in [0.15, 0.2) is 24.3 Å². The molecule has 0 spiro atoms. The number of halogens is 1. The Morgan fingerprint density at radius 3 is 2.71 bits per heavy atom. The minimum Gasteiger partial charge on any atom is -0.329 e. The Morgan fingerprint density at radius 1 is 1.29 bits per heavy atom. The van der Waals surface area contributed by atoms with E-state index in [1.807, 2.05) is 18.2 Å². The number of hydrogen-bond donors (Lipinski definition) is 1. The molecule has 1 amide bonds. The zero-order chi connectivity index (χ0) is 12.3. The van der Waals surface area contributed by atoms with Gasteiger partial charge in [-0.3, -0.25) is 9.69 Å². The number of hydrogen-bond acceptors (Lipinski definition) is 3. The van der Waals surface area contributed by atoms with Crippen LogP contribution < -0.4 is 10.6 Å². The highest BCUT2D eigenvalue weighted by atomic mass is 35.5. The van der Waals surface area contributed by atoms with Crippen LogP contribution in [0.1, 0.15) is 0 Å². The SMILES string of the molecule is NCCN1CCN(c2ccccc2Cl)C(=O)C1. The molecule has 0 unspecified atom stereocenters. The first-order valence-corrected chi connectivity index (χ1v) is 6.07. The molecule has 0 radical (unpaired) electrons. The van der Waals surface area contributed by atoms with Gasteiger partial charge in [-0.2, -0.15) is 0 Å². The Kier molecular flexibility index (Phi) is 3.99. The lowest BCUT2D eigenvalue weighted by Crippen LogP contribution is -2.51. The van der Waals surface area contributed by atoms with Crippen molar-refractivity contribution in [2.24, 2.45) is 5.73 Å². The number of piperazine rings is 1. The lowest BCUT2D eigenvalue weighted by Gasteiger charge is -2.34. The maximum absolute atomic E-state index is 12.0. The Labute approximate surface area is 106 Å². The molecule has 0 aromatic heterocycles. The summed E-state index contributed by atoms with van der Waals surface area (Å²) in [6, 6.07) is 7.43. The van der Waals surface area contributed by atoms with Crippen molar-refractivity contribution in [3.63, 3.8) is 0 Å². The van der Waals surface area contributed by atoms with Gasteiger partial charge in [-0.05, 0) is 12.1 Å². The summed E-state index contributed by atoms with van der Waals surface area (Å²) in [5, 5.41) is 0.619. The van der Waals surface area contributed by atoms with Crippen LogP contribution in [0.3, 0.4) is 0 Å². The molecule has 0 bridgehead atoms. The number of para-hydroxylation sites is 1. The molecule has 2 N–H and O–H groups in total. The molecule has 0 saturated carbocycles. The molecule has 1 aromatic rings. The van der Waals surface area contributed by atoms with E-state index in [9.17, 15) is 4.79 Å². The van der Waals surface area contributed by atoms with Crippen LogP contribution in [0.25, 0.3) is 0 Å². The first kappa shape index (κ1) is 12.4. The van der Waals surface area contributed by atoms with E-state index in [0.717, 1.165) is 18.8 Å². The van der Waals surface area contributed by atoms with Gasteiger partial charge < -0.3 is 10.6 Å². The van der Waals surface area contributed by atoms with E-state index in [2.05, 4.69) is 4.90 Å². The number of nitrogens with two attached hydrogens (primary N) is 1.